The van der Waals surface area contributed by atoms with Crippen LogP contribution in [0.5, 0.6) is 0 Å². The molecule has 0 aromatic heterocycles. The van der Waals surface area contributed by atoms with Gasteiger partial charge in [0.2, 0.25) is 5.91 Å². The van der Waals surface area contributed by atoms with E-state index in [-0.39, 0.29) is 0 Å². The number of hydrogen-bond donors (Lipinski definition) is 1. The van der Waals surface area contributed by atoms with Crippen LogP contribution in [-0.4, -0.2) is 36.5 Å². The number of piperidine rings is 1. The van der Waals surface area contributed by atoms with Crippen molar-refractivity contribution in [2.75, 3.05) is 19.6 Å². The second-order valence-electron chi connectivity index (χ2n) is 6.33. The highest BCUT2D eigenvalue weighted by Crippen LogP contribution is 2.30. The third kappa shape index (κ3) is 3.71. The largest absolute Gasteiger partial charge is 0.340 e. The van der Waals surface area contributed by atoms with Crippen LogP contribution in [0.25, 0.3) is 0 Å². The van der Waals surface area contributed by atoms with Crippen LogP contribution in [0.2, 0.25) is 0 Å². The Labute approximate surface area is 111 Å². The van der Waals surface area contributed by atoms with Gasteiger partial charge in [0.05, 0.1) is 0 Å². The molecule has 2 fully saturated rings. The molecule has 0 atom stereocenters. The van der Waals surface area contributed by atoms with Crippen molar-refractivity contribution in [3.05, 3.63) is 0 Å². The molecule has 0 aromatic rings. The molecule has 1 saturated carbocycles. The first-order chi connectivity index (χ1) is 8.66. The molecule has 0 radical (unpaired) electrons. The van der Waals surface area contributed by atoms with E-state index >= 15 is 0 Å². The molecule has 0 unspecified atom stereocenters. The monoisotopic (exact) mass is 252 g/mol. The van der Waals surface area contributed by atoms with E-state index in [0.29, 0.717) is 23.8 Å². The van der Waals surface area contributed by atoms with Crippen LogP contribution in [0, 0.1) is 11.8 Å². The van der Waals surface area contributed by atoms with Gasteiger partial charge in [-0.3, -0.25) is 4.79 Å². The average Bonchev–Trinajstić information content (AvgIpc) is 2.31. The van der Waals surface area contributed by atoms with Gasteiger partial charge in [-0.15, -0.1) is 0 Å². The summed E-state index contributed by atoms with van der Waals surface area (Å²) in [7, 11) is 0. The zero-order valence-corrected chi connectivity index (χ0v) is 12.0. The zero-order chi connectivity index (χ0) is 13.0. The van der Waals surface area contributed by atoms with Gasteiger partial charge in [-0.2, -0.15) is 0 Å². The maximum atomic E-state index is 12.4. The molecule has 2 aliphatic rings. The molecular weight excluding hydrogens is 224 g/mol. The maximum absolute atomic E-state index is 12.4. The van der Waals surface area contributed by atoms with Crippen LogP contribution >= 0.6 is 0 Å². The molecule has 0 spiro atoms. The van der Waals surface area contributed by atoms with Crippen LogP contribution in [0.1, 0.15) is 52.4 Å². The van der Waals surface area contributed by atoms with E-state index in [4.69, 9.17) is 0 Å². The topological polar surface area (TPSA) is 32.3 Å². The van der Waals surface area contributed by atoms with Gasteiger partial charge in [0.15, 0.2) is 0 Å². The van der Waals surface area contributed by atoms with Gasteiger partial charge in [0.25, 0.3) is 0 Å². The van der Waals surface area contributed by atoms with Gasteiger partial charge >= 0.3 is 0 Å². The molecule has 3 nitrogen and oxygen atoms in total. The highest BCUT2D eigenvalue weighted by Gasteiger charge is 2.27. The van der Waals surface area contributed by atoms with E-state index < -0.39 is 0 Å². The first-order valence-electron chi connectivity index (χ1n) is 7.67. The van der Waals surface area contributed by atoms with Crippen molar-refractivity contribution in [3.8, 4) is 0 Å². The molecule has 1 amide bonds. The van der Waals surface area contributed by atoms with Crippen molar-refractivity contribution >= 4 is 5.91 Å². The molecular formula is C15H28N2O. The van der Waals surface area contributed by atoms with Crippen molar-refractivity contribution in [1.82, 2.24) is 10.2 Å². The minimum atomic E-state index is 0.354. The quantitative estimate of drug-likeness (QED) is 0.815. The maximum Gasteiger partial charge on any atom is 0.223 e. The predicted molar refractivity (Wildman–Crippen MR) is 74.4 cm³/mol. The summed E-state index contributed by atoms with van der Waals surface area (Å²) in [6, 6.07) is 0.354. The van der Waals surface area contributed by atoms with Gasteiger partial charge in [0.1, 0.15) is 0 Å². The molecule has 2 rings (SSSR count). The molecule has 1 N–H and O–H groups in total. The molecule has 1 aliphatic heterocycles. The summed E-state index contributed by atoms with van der Waals surface area (Å²) in [5, 5.41) is 3.39. The fourth-order valence-corrected chi connectivity index (χ4v) is 3.00. The Hall–Kier alpha value is -0.570. The second-order valence-corrected chi connectivity index (χ2v) is 6.33. The first kappa shape index (κ1) is 13.9. The van der Waals surface area contributed by atoms with Crippen molar-refractivity contribution in [2.24, 2.45) is 11.8 Å². The van der Waals surface area contributed by atoms with Crippen LogP contribution in [-0.2, 0) is 4.79 Å². The van der Waals surface area contributed by atoms with Gasteiger partial charge < -0.3 is 10.2 Å². The molecule has 18 heavy (non-hydrogen) atoms. The highest BCUT2D eigenvalue weighted by atomic mass is 16.2. The lowest BCUT2D eigenvalue weighted by molar-refractivity contribution is -0.135. The summed E-state index contributed by atoms with van der Waals surface area (Å²) in [5.74, 6) is 1.79. The second kappa shape index (κ2) is 6.55. The Morgan fingerprint density at radius 3 is 2.33 bits per heavy atom. The Morgan fingerprint density at radius 1 is 1.17 bits per heavy atom. The number of carbonyl (C=O) groups excluding carboxylic acids is 1. The zero-order valence-electron chi connectivity index (χ0n) is 12.0. The fourth-order valence-electron chi connectivity index (χ4n) is 3.00. The Bertz CT molecular complexity index is 268. The molecule has 0 aromatic carbocycles. The first-order valence-corrected chi connectivity index (χ1v) is 7.67. The van der Waals surface area contributed by atoms with Crippen LogP contribution in [0.3, 0.4) is 0 Å². The summed E-state index contributed by atoms with van der Waals surface area (Å²) in [6.07, 6.45) is 7.10. The van der Waals surface area contributed by atoms with Crippen LogP contribution in [0.15, 0.2) is 0 Å². The highest BCUT2D eigenvalue weighted by molar-refractivity contribution is 5.76. The third-order valence-electron chi connectivity index (χ3n) is 4.55. The number of rotatable bonds is 5. The minimum Gasteiger partial charge on any atom is -0.340 e. The summed E-state index contributed by atoms with van der Waals surface area (Å²) < 4.78 is 0. The molecule has 1 aliphatic carbocycles. The molecule has 1 heterocycles. The lowest BCUT2D eigenvalue weighted by Crippen LogP contribution is -2.43. The van der Waals surface area contributed by atoms with Gasteiger partial charge in [0, 0.05) is 19.0 Å². The lowest BCUT2D eigenvalue weighted by Gasteiger charge is -2.35. The fraction of sp³-hybridized carbons (Fsp3) is 0.933. The van der Waals surface area contributed by atoms with Crippen LogP contribution < -0.4 is 5.32 Å². The van der Waals surface area contributed by atoms with E-state index in [9.17, 15) is 4.79 Å². The predicted octanol–water partition coefficient (Wildman–Crippen LogP) is 2.41. The Balaban J connectivity index is 1.83. The number of nitrogens with one attached hydrogen (secondary N) is 1. The van der Waals surface area contributed by atoms with Crippen molar-refractivity contribution in [3.63, 3.8) is 0 Å². The Kier molecular flexibility index (Phi) is 5.04. The molecule has 104 valence electrons. The number of hydrogen-bond acceptors (Lipinski definition) is 2. The van der Waals surface area contributed by atoms with E-state index in [0.717, 1.165) is 26.1 Å². The summed E-state index contributed by atoms with van der Waals surface area (Å²) in [5.41, 5.74) is 0. The third-order valence-corrected chi connectivity index (χ3v) is 4.55. The SMILES string of the molecule is CC(C)N(CC1CCNCC1)C(=O)CC1CCC1. The van der Waals surface area contributed by atoms with E-state index in [2.05, 4.69) is 24.1 Å². The van der Waals surface area contributed by atoms with Crippen molar-refractivity contribution in [1.29, 1.82) is 0 Å². The van der Waals surface area contributed by atoms with Gasteiger partial charge in [-0.05, 0) is 64.5 Å². The van der Waals surface area contributed by atoms with Crippen LogP contribution in [0.4, 0.5) is 0 Å². The van der Waals surface area contributed by atoms with Crippen molar-refractivity contribution < 1.29 is 4.79 Å². The van der Waals surface area contributed by atoms with E-state index in [1.807, 2.05) is 0 Å². The molecule has 3 heteroatoms. The smallest absolute Gasteiger partial charge is 0.223 e. The van der Waals surface area contributed by atoms with Gasteiger partial charge in [-0.25, -0.2) is 0 Å². The number of carbonyl (C=O) groups is 1. The summed E-state index contributed by atoms with van der Waals surface area (Å²) in [6.45, 7) is 7.52. The summed E-state index contributed by atoms with van der Waals surface area (Å²) in [4.78, 5) is 14.5. The van der Waals surface area contributed by atoms with E-state index in [1.165, 1.54) is 32.1 Å². The standard InChI is InChI=1S/C15H28N2O/c1-12(2)17(11-14-6-8-16-9-7-14)15(18)10-13-4-3-5-13/h12-14,16H,3-11H2,1-2H3. The average molecular weight is 252 g/mol. The Morgan fingerprint density at radius 2 is 1.83 bits per heavy atom. The minimum absolute atomic E-state index is 0.354. The lowest BCUT2D eigenvalue weighted by atomic mass is 9.82. The molecule has 0 bridgehead atoms. The summed E-state index contributed by atoms with van der Waals surface area (Å²) >= 11 is 0. The number of nitrogens with zero attached hydrogens (tertiary/aromatic N) is 1. The molecule has 1 saturated heterocycles. The number of amides is 1. The van der Waals surface area contributed by atoms with E-state index in [1.54, 1.807) is 0 Å². The normalized spacial score (nSPS) is 21.9. The van der Waals surface area contributed by atoms with Gasteiger partial charge in [-0.1, -0.05) is 6.42 Å². The van der Waals surface area contributed by atoms with Crippen molar-refractivity contribution in [2.45, 2.75) is 58.4 Å².